The molecule has 2 aromatic rings. The third-order valence-electron chi connectivity index (χ3n) is 6.22. The second-order valence-corrected chi connectivity index (χ2v) is 8.06. The molecule has 30 heavy (non-hydrogen) atoms. The van der Waals surface area contributed by atoms with Gasteiger partial charge in [0.1, 0.15) is 6.61 Å². The summed E-state index contributed by atoms with van der Waals surface area (Å²) in [7, 11) is 1.31. The zero-order valence-electron chi connectivity index (χ0n) is 17.3. The van der Waals surface area contributed by atoms with Crippen molar-refractivity contribution in [2.24, 2.45) is 5.92 Å². The second-order valence-electron chi connectivity index (χ2n) is 8.06. The van der Waals surface area contributed by atoms with Gasteiger partial charge in [-0.05, 0) is 31.4 Å². The van der Waals surface area contributed by atoms with Crippen LogP contribution in [-0.4, -0.2) is 47.4 Å². The molecule has 4 rings (SSSR count). The molecule has 2 heterocycles. The van der Waals surface area contributed by atoms with Gasteiger partial charge in [-0.2, -0.15) is 0 Å². The van der Waals surface area contributed by atoms with Gasteiger partial charge in [-0.3, -0.25) is 9.59 Å². The Morgan fingerprint density at radius 2 is 1.93 bits per heavy atom. The van der Waals surface area contributed by atoms with Crippen LogP contribution >= 0.6 is 0 Å². The number of aromatic nitrogens is 1. The average molecular weight is 410 g/mol. The molecule has 1 atom stereocenters. The number of hydrogen-bond donors (Lipinski definition) is 0. The number of fused-ring (bicyclic) bond motifs is 1. The zero-order valence-corrected chi connectivity index (χ0v) is 17.3. The maximum Gasteiger partial charge on any atom is 0.340 e. The van der Waals surface area contributed by atoms with Gasteiger partial charge in [0.05, 0.1) is 29.8 Å². The number of aryl methyl sites for hydroxylation is 1. The minimum Gasteiger partial charge on any atom is -0.465 e. The molecule has 1 aromatic carbocycles. The van der Waals surface area contributed by atoms with Crippen molar-refractivity contribution >= 4 is 28.7 Å². The zero-order chi connectivity index (χ0) is 21.3. The van der Waals surface area contributed by atoms with E-state index in [1.807, 2.05) is 36.1 Å². The molecule has 7 heteroatoms. The number of benzene rings is 1. The molecule has 1 amide bonds. The number of carbonyl (C=O) groups excluding carboxylic acids is 3. The van der Waals surface area contributed by atoms with Gasteiger partial charge in [-0.15, -0.1) is 0 Å². The smallest absolute Gasteiger partial charge is 0.340 e. The summed E-state index contributed by atoms with van der Waals surface area (Å²) >= 11 is 0. The van der Waals surface area contributed by atoms with Crippen LogP contribution in [0.1, 0.15) is 53.7 Å². The first kappa shape index (κ1) is 20.3. The standard InChI is InChI=1S/C23H26N2O5/c1-14-17-9-5-6-10-18(17)24-19(21(14)23(28)29-2)13-30-22(27)15-11-20(26)25(12-15)16-7-3-4-8-16/h5-6,9-10,15-16H,3-4,7-8,11-13H2,1-2H3/t15-/m0/s1. The van der Waals surface area contributed by atoms with Gasteiger partial charge in [0.25, 0.3) is 0 Å². The van der Waals surface area contributed by atoms with Gasteiger partial charge in [-0.1, -0.05) is 31.0 Å². The lowest BCUT2D eigenvalue weighted by Gasteiger charge is -2.23. The van der Waals surface area contributed by atoms with Gasteiger partial charge in [0.2, 0.25) is 5.91 Å². The maximum atomic E-state index is 12.7. The van der Waals surface area contributed by atoms with E-state index in [0.717, 1.165) is 42.1 Å². The highest BCUT2D eigenvalue weighted by molar-refractivity contribution is 5.98. The van der Waals surface area contributed by atoms with Crippen molar-refractivity contribution in [3.63, 3.8) is 0 Å². The van der Waals surface area contributed by atoms with E-state index in [1.54, 1.807) is 0 Å². The second kappa shape index (κ2) is 8.42. The van der Waals surface area contributed by atoms with Gasteiger partial charge in [-0.25, -0.2) is 9.78 Å². The number of ether oxygens (including phenoxy) is 2. The molecular weight excluding hydrogens is 384 g/mol. The van der Waals surface area contributed by atoms with Crippen molar-refractivity contribution in [3.8, 4) is 0 Å². The molecule has 2 fully saturated rings. The molecule has 0 bridgehead atoms. The molecule has 0 N–H and O–H groups in total. The van der Waals surface area contributed by atoms with Gasteiger partial charge < -0.3 is 14.4 Å². The van der Waals surface area contributed by atoms with Crippen LogP contribution in [0.15, 0.2) is 24.3 Å². The van der Waals surface area contributed by atoms with Crippen molar-refractivity contribution in [1.29, 1.82) is 0 Å². The number of nitrogens with zero attached hydrogens (tertiary/aromatic N) is 2. The van der Waals surface area contributed by atoms with Gasteiger partial charge in [0.15, 0.2) is 0 Å². The van der Waals surface area contributed by atoms with E-state index in [0.29, 0.717) is 17.8 Å². The summed E-state index contributed by atoms with van der Waals surface area (Å²) in [5.74, 6) is -1.38. The number of rotatable bonds is 5. The first-order valence-electron chi connectivity index (χ1n) is 10.4. The lowest BCUT2D eigenvalue weighted by Crippen LogP contribution is -2.35. The van der Waals surface area contributed by atoms with Crippen molar-refractivity contribution in [3.05, 3.63) is 41.1 Å². The Kier molecular flexibility index (Phi) is 5.70. The van der Waals surface area contributed by atoms with Gasteiger partial charge >= 0.3 is 11.9 Å². The molecule has 1 saturated heterocycles. The minimum atomic E-state index is -0.514. The summed E-state index contributed by atoms with van der Waals surface area (Å²) in [4.78, 5) is 43.8. The quantitative estimate of drug-likeness (QED) is 0.704. The molecule has 1 aromatic heterocycles. The highest BCUT2D eigenvalue weighted by Crippen LogP contribution is 2.30. The molecule has 0 spiro atoms. The lowest BCUT2D eigenvalue weighted by atomic mass is 10.0. The van der Waals surface area contributed by atoms with Gasteiger partial charge in [0, 0.05) is 24.4 Å². The number of para-hydroxylation sites is 1. The Bertz CT molecular complexity index is 996. The molecule has 2 aliphatic rings. The normalized spacial score (nSPS) is 19.5. The van der Waals surface area contributed by atoms with E-state index < -0.39 is 17.9 Å². The number of amides is 1. The van der Waals surface area contributed by atoms with E-state index in [2.05, 4.69) is 4.98 Å². The van der Waals surface area contributed by atoms with Crippen molar-refractivity contribution < 1.29 is 23.9 Å². The lowest BCUT2D eigenvalue weighted by molar-refractivity contribution is -0.149. The molecule has 1 saturated carbocycles. The van der Waals surface area contributed by atoms with E-state index >= 15 is 0 Å². The monoisotopic (exact) mass is 410 g/mol. The van der Waals surface area contributed by atoms with Crippen LogP contribution in [0.25, 0.3) is 10.9 Å². The van der Waals surface area contributed by atoms with Crippen LogP contribution in [0.3, 0.4) is 0 Å². The number of likely N-dealkylation sites (tertiary alicyclic amines) is 1. The highest BCUT2D eigenvalue weighted by Gasteiger charge is 2.39. The summed E-state index contributed by atoms with van der Waals surface area (Å²) in [6, 6.07) is 7.74. The fourth-order valence-electron chi connectivity index (χ4n) is 4.63. The first-order chi connectivity index (χ1) is 14.5. The number of pyridine rings is 1. The summed E-state index contributed by atoms with van der Waals surface area (Å²) in [6.07, 6.45) is 4.47. The number of carbonyl (C=O) groups is 3. The predicted octanol–water partition coefficient (Wildman–Crippen LogP) is 3.16. The molecule has 0 radical (unpaired) electrons. The topological polar surface area (TPSA) is 85.8 Å². The summed E-state index contributed by atoms with van der Waals surface area (Å²) in [5, 5.41) is 0.849. The molecular formula is C23H26N2O5. The van der Waals surface area contributed by atoms with Crippen LogP contribution in [-0.2, 0) is 25.7 Å². The van der Waals surface area contributed by atoms with Crippen LogP contribution in [0.2, 0.25) is 0 Å². The van der Waals surface area contributed by atoms with Crippen LogP contribution in [0.4, 0.5) is 0 Å². The Morgan fingerprint density at radius 1 is 1.20 bits per heavy atom. The Hall–Kier alpha value is -2.96. The van der Waals surface area contributed by atoms with E-state index in [1.165, 1.54) is 7.11 Å². The van der Waals surface area contributed by atoms with E-state index in [4.69, 9.17) is 9.47 Å². The summed E-state index contributed by atoms with van der Waals surface area (Å²) in [5.41, 5.74) is 2.14. The molecule has 158 valence electrons. The number of methoxy groups -OCH3 is 1. The fourth-order valence-corrected chi connectivity index (χ4v) is 4.63. The number of hydrogen-bond acceptors (Lipinski definition) is 6. The van der Waals surface area contributed by atoms with Crippen molar-refractivity contribution in [1.82, 2.24) is 9.88 Å². The predicted molar refractivity (Wildman–Crippen MR) is 110 cm³/mol. The maximum absolute atomic E-state index is 12.7. The van der Waals surface area contributed by atoms with Crippen LogP contribution in [0.5, 0.6) is 0 Å². The molecule has 1 aliphatic carbocycles. The highest BCUT2D eigenvalue weighted by atomic mass is 16.5. The molecule has 7 nitrogen and oxygen atoms in total. The largest absolute Gasteiger partial charge is 0.465 e. The van der Waals surface area contributed by atoms with E-state index in [9.17, 15) is 14.4 Å². The third-order valence-corrected chi connectivity index (χ3v) is 6.22. The average Bonchev–Trinajstić information content (AvgIpc) is 3.41. The fraction of sp³-hybridized carbons (Fsp3) is 0.478. The van der Waals surface area contributed by atoms with Crippen molar-refractivity contribution in [2.45, 2.75) is 51.7 Å². The summed E-state index contributed by atoms with van der Waals surface area (Å²) < 4.78 is 10.5. The Balaban J connectivity index is 1.51. The molecule has 0 unspecified atom stereocenters. The first-order valence-corrected chi connectivity index (χ1v) is 10.4. The van der Waals surface area contributed by atoms with Crippen LogP contribution in [0, 0.1) is 12.8 Å². The summed E-state index contributed by atoms with van der Waals surface area (Å²) in [6.45, 7) is 2.11. The van der Waals surface area contributed by atoms with Crippen LogP contribution < -0.4 is 0 Å². The van der Waals surface area contributed by atoms with Crippen molar-refractivity contribution in [2.75, 3.05) is 13.7 Å². The van der Waals surface area contributed by atoms with E-state index in [-0.39, 0.29) is 25.0 Å². The SMILES string of the molecule is COC(=O)c1c(COC(=O)[C@H]2CC(=O)N(C3CCCC3)C2)nc2ccccc2c1C. The minimum absolute atomic E-state index is 0.0266. The Labute approximate surface area is 175 Å². The molecule has 1 aliphatic heterocycles. The third kappa shape index (κ3) is 3.76. The Morgan fingerprint density at radius 3 is 2.67 bits per heavy atom. The number of esters is 2.